The molecule has 4 nitrogen and oxygen atoms in total. The van der Waals surface area contributed by atoms with Crippen molar-refractivity contribution in [3.05, 3.63) is 90.8 Å². The molecule has 130 valence electrons. The summed E-state index contributed by atoms with van der Waals surface area (Å²) in [7, 11) is 0. The Morgan fingerprint density at radius 1 is 0.808 bits per heavy atom. The van der Waals surface area contributed by atoms with Crippen LogP contribution in [0.15, 0.2) is 84.9 Å². The number of benzene rings is 3. The number of carbonyl (C=O) groups is 1. The summed E-state index contributed by atoms with van der Waals surface area (Å²) in [5, 5.41) is 9.93. The molecular weight excluding hydrogens is 324 g/mol. The molecule has 4 rings (SSSR count). The lowest BCUT2D eigenvalue weighted by atomic mass is 10.2. The maximum absolute atomic E-state index is 12.1. The van der Waals surface area contributed by atoms with Crippen molar-refractivity contribution < 1.29 is 14.5 Å². The van der Waals surface area contributed by atoms with Gasteiger partial charge in [-0.3, -0.25) is 0 Å². The average molecular weight is 345 g/mol. The van der Waals surface area contributed by atoms with Crippen LogP contribution < -0.4 is 4.57 Å². The van der Waals surface area contributed by atoms with Crippen molar-refractivity contribution in [2.45, 2.75) is 13.8 Å². The van der Waals surface area contributed by atoms with Crippen LogP contribution in [0.1, 0.15) is 24.5 Å². The molecule has 0 spiro atoms. The third-order valence-electron chi connectivity index (χ3n) is 4.01. The topological polar surface area (TPSA) is 46.1 Å². The van der Waals surface area contributed by atoms with Crippen LogP contribution in [0, 0.1) is 0 Å². The fraction of sp³-hybridized carbons (Fsp3) is 0.0909. The molecule has 26 heavy (non-hydrogen) atoms. The number of aromatic nitrogens is 2. The molecule has 0 saturated carbocycles. The van der Waals surface area contributed by atoms with Crippen LogP contribution in [0.2, 0.25) is 0 Å². The zero-order valence-corrected chi connectivity index (χ0v) is 14.8. The van der Waals surface area contributed by atoms with Gasteiger partial charge < -0.3 is 5.11 Å². The van der Waals surface area contributed by atoms with E-state index in [2.05, 4.69) is 0 Å². The molecule has 1 aromatic heterocycles. The van der Waals surface area contributed by atoms with E-state index in [1.165, 1.54) is 0 Å². The van der Waals surface area contributed by atoms with E-state index in [9.17, 15) is 9.90 Å². The first-order valence-electron chi connectivity index (χ1n) is 8.67. The summed E-state index contributed by atoms with van der Waals surface area (Å²) in [6.45, 7) is 4.00. The second kappa shape index (κ2) is 7.66. The fourth-order valence-electron chi connectivity index (χ4n) is 3.04. The van der Waals surface area contributed by atoms with E-state index < -0.39 is 5.97 Å². The molecule has 0 aliphatic heterocycles. The molecule has 0 amide bonds. The number of fused-ring (bicyclic) bond motifs is 1. The first kappa shape index (κ1) is 17.4. The molecule has 0 bridgehead atoms. The van der Waals surface area contributed by atoms with Crippen LogP contribution >= 0.6 is 0 Å². The average Bonchev–Trinajstić information content (AvgIpc) is 3.06. The predicted molar refractivity (Wildman–Crippen MR) is 103 cm³/mol. The summed E-state index contributed by atoms with van der Waals surface area (Å²) in [6.07, 6.45) is 0. The largest absolute Gasteiger partial charge is 0.472 e. The van der Waals surface area contributed by atoms with Gasteiger partial charge in [0, 0.05) is 0 Å². The van der Waals surface area contributed by atoms with Gasteiger partial charge in [-0.05, 0) is 36.4 Å². The molecule has 0 fully saturated rings. The summed E-state index contributed by atoms with van der Waals surface area (Å²) in [5.41, 5.74) is 3.34. The second-order valence-electron chi connectivity index (χ2n) is 5.46. The van der Waals surface area contributed by atoms with Crippen LogP contribution in [-0.4, -0.2) is 15.6 Å². The first-order chi connectivity index (χ1) is 12.8. The van der Waals surface area contributed by atoms with Crippen molar-refractivity contribution in [2.24, 2.45) is 0 Å². The van der Waals surface area contributed by atoms with E-state index in [1.54, 1.807) is 9.13 Å². The maximum atomic E-state index is 12.1. The van der Waals surface area contributed by atoms with Crippen LogP contribution in [0.5, 0.6) is 0 Å². The van der Waals surface area contributed by atoms with Crippen molar-refractivity contribution in [3.63, 3.8) is 0 Å². The van der Waals surface area contributed by atoms with Gasteiger partial charge in [0.2, 0.25) is 0 Å². The molecule has 4 aromatic rings. The Morgan fingerprint density at radius 3 is 1.96 bits per heavy atom. The summed E-state index contributed by atoms with van der Waals surface area (Å²) in [4.78, 5) is 12.1. The normalized spacial score (nSPS) is 10.2. The minimum Gasteiger partial charge on any atom is -0.472 e. The van der Waals surface area contributed by atoms with Crippen LogP contribution in [0.4, 0.5) is 0 Å². The van der Waals surface area contributed by atoms with E-state index in [1.807, 2.05) is 98.8 Å². The van der Waals surface area contributed by atoms with E-state index in [0.29, 0.717) is 0 Å². The van der Waals surface area contributed by atoms with E-state index in [-0.39, 0.29) is 5.82 Å². The lowest BCUT2D eigenvalue weighted by Gasteiger charge is -2.01. The Bertz CT molecular complexity index is 946. The highest BCUT2D eigenvalue weighted by Crippen LogP contribution is 2.22. The number of hydrogen-bond acceptors (Lipinski definition) is 1. The molecule has 4 heteroatoms. The molecule has 0 unspecified atom stereocenters. The molecule has 0 radical (unpaired) electrons. The Morgan fingerprint density at radius 2 is 1.35 bits per heavy atom. The molecule has 0 saturated heterocycles. The van der Waals surface area contributed by atoms with Crippen LogP contribution in [-0.2, 0) is 0 Å². The number of para-hydroxylation sites is 4. The van der Waals surface area contributed by atoms with Gasteiger partial charge in [0.15, 0.2) is 11.0 Å². The first-order valence-corrected chi connectivity index (χ1v) is 8.67. The number of carboxylic acid groups (broad SMARTS) is 1. The molecule has 0 atom stereocenters. The number of hydrogen-bond donors (Lipinski definition) is 1. The summed E-state index contributed by atoms with van der Waals surface area (Å²) in [6, 6.07) is 26.8. The molecule has 0 aliphatic carbocycles. The Labute approximate surface area is 152 Å². The predicted octanol–water partition coefficient (Wildman–Crippen LogP) is 4.63. The molecular formula is C22H21N2O2+. The monoisotopic (exact) mass is 345 g/mol. The van der Waals surface area contributed by atoms with Gasteiger partial charge in [0.05, 0.1) is 0 Å². The summed E-state index contributed by atoms with van der Waals surface area (Å²) in [5.74, 6) is -0.771. The molecule has 3 aromatic carbocycles. The fourth-order valence-corrected chi connectivity index (χ4v) is 3.04. The van der Waals surface area contributed by atoms with Gasteiger partial charge in [-0.25, -0.2) is 4.79 Å². The van der Waals surface area contributed by atoms with Gasteiger partial charge in [0.25, 0.3) is 0 Å². The van der Waals surface area contributed by atoms with E-state index >= 15 is 0 Å². The maximum Gasteiger partial charge on any atom is 0.420 e. The van der Waals surface area contributed by atoms with Crippen molar-refractivity contribution >= 4 is 17.0 Å². The van der Waals surface area contributed by atoms with Gasteiger partial charge in [0.1, 0.15) is 11.4 Å². The Hall–Kier alpha value is -3.40. The smallest absolute Gasteiger partial charge is 0.420 e. The highest BCUT2D eigenvalue weighted by atomic mass is 16.4. The summed E-state index contributed by atoms with van der Waals surface area (Å²) < 4.78 is 3.56. The quantitative estimate of drug-likeness (QED) is 0.550. The number of imidazole rings is 1. The number of nitrogens with zero attached hydrogens (tertiary/aromatic N) is 2. The lowest BCUT2D eigenvalue weighted by Crippen LogP contribution is -2.37. The molecule has 1 heterocycles. The van der Waals surface area contributed by atoms with Gasteiger partial charge in [-0.15, -0.1) is 0 Å². The van der Waals surface area contributed by atoms with Gasteiger partial charge in [-0.2, -0.15) is 9.13 Å². The highest BCUT2D eigenvalue weighted by Gasteiger charge is 2.32. The SMILES string of the molecule is CC.O=C(O)c1n(-c2ccccc2)c2ccccc2[n+]1-c1ccccc1. The van der Waals surface area contributed by atoms with Crippen molar-refractivity contribution in [1.82, 2.24) is 4.57 Å². The zero-order chi connectivity index (χ0) is 18.5. The Kier molecular flexibility index (Phi) is 5.13. The van der Waals surface area contributed by atoms with E-state index in [0.717, 1.165) is 22.4 Å². The molecule has 1 N–H and O–H groups in total. The zero-order valence-electron chi connectivity index (χ0n) is 14.8. The number of aromatic carboxylic acids is 1. The highest BCUT2D eigenvalue weighted by molar-refractivity contribution is 5.88. The third-order valence-corrected chi connectivity index (χ3v) is 4.01. The van der Waals surface area contributed by atoms with Gasteiger partial charge >= 0.3 is 11.8 Å². The third kappa shape index (κ3) is 2.97. The minimum absolute atomic E-state index is 0.202. The molecule has 0 aliphatic rings. The minimum atomic E-state index is -0.973. The van der Waals surface area contributed by atoms with Crippen LogP contribution in [0.25, 0.3) is 22.4 Å². The summed E-state index contributed by atoms with van der Waals surface area (Å²) >= 11 is 0. The number of rotatable bonds is 3. The number of carboxylic acids is 1. The van der Waals surface area contributed by atoms with Crippen molar-refractivity contribution in [3.8, 4) is 11.4 Å². The van der Waals surface area contributed by atoms with E-state index in [4.69, 9.17) is 0 Å². The van der Waals surface area contributed by atoms with Crippen molar-refractivity contribution in [2.75, 3.05) is 0 Å². The Balaban J connectivity index is 0.000000948. The van der Waals surface area contributed by atoms with Crippen molar-refractivity contribution in [1.29, 1.82) is 0 Å². The lowest BCUT2D eigenvalue weighted by molar-refractivity contribution is -0.571. The van der Waals surface area contributed by atoms with Gasteiger partial charge in [-0.1, -0.05) is 62.4 Å². The standard InChI is InChI=1S/C20H14N2O2.C2H6/c23-20(24)19-21(15-9-3-1-4-10-15)17-13-7-8-14-18(17)22(19)16-11-5-2-6-12-16;1-2/h1-14H;1-2H3/p+1. The second-order valence-corrected chi connectivity index (χ2v) is 5.46. The van der Waals surface area contributed by atoms with Crippen LogP contribution in [0.3, 0.4) is 0 Å².